The molecule has 0 aromatic carbocycles. The van der Waals surface area contributed by atoms with Gasteiger partial charge in [-0.25, -0.2) is 4.98 Å². The lowest BCUT2D eigenvalue weighted by molar-refractivity contribution is 0.0377. The van der Waals surface area contributed by atoms with E-state index in [4.69, 9.17) is 10.5 Å². The van der Waals surface area contributed by atoms with Crippen molar-refractivity contribution in [3.63, 3.8) is 0 Å². The average molecular weight is 322 g/mol. The number of guanidine groups is 1. The number of imidazole rings is 1. The Bertz CT molecular complexity index is 467. The summed E-state index contributed by atoms with van der Waals surface area (Å²) in [6.07, 6.45) is 7.08. The molecule has 7 nitrogen and oxygen atoms in total. The lowest BCUT2D eigenvalue weighted by Gasteiger charge is -2.26. The number of morpholine rings is 1. The van der Waals surface area contributed by atoms with Crippen LogP contribution < -0.4 is 11.1 Å². The number of nitrogens with zero attached hydrogens (tertiary/aromatic N) is 4. The summed E-state index contributed by atoms with van der Waals surface area (Å²) in [7, 11) is 0. The van der Waals surface area contributed by atoms with E-state index < -0.39 is 0 Å². The normalized spacial score (nSPS) is 16.7. The predicted molar refractivity (Wildman–Crippen MR) is 92.6 cm³/mol. The maximum atomic E-state index is 5.88. The molecule has 7 heteroatoms. The molecule has 1 aromatic heterocycles. The smallest absolute Gasteiger partial charge is 0.188 e. The Morgan fingerprint density at radius 3 is 2.87 bits per heavy atom. The number of hydrogen-bond donors (Lipinski definition) is 2. The summed E-state index contributed by atoms with van der Waals surface area (Å²) < 4.78 is 7.50. The standard InChI is InChI=1S/C16H30N6O/c1-15-18-7-10-22(15)9-3-2-5-19-16(17)20-6-4-8-21-11-13-23-14-12-21/h7,10H,2-6,8-9,11-14H2,1H3,(H3,17,19,20). The van der Waals surface area contributed by atoms with Crippen LogP contribution in [0.2, 0.25) is 0 Å². The molecule has 0 atom stereocenters. The highest BCUT2D eigenvalue weighted by Gasteiger charge is 2.08. The number of nitrogens with two attached hydrogens (primary N) is 1. The van der Waals surface area contributed by atoms with Gasteiger partial charge < -0.3 is 20.4 Å². The molecule has 130 valence electrons. The van der Waals surface area contributed by atoms with Gasteiger partial charge >= 0.3 is 0 Å². The van der Waals surface area contributed by atoms with E-state index in [-0.39, 0.29) is 0 Å². The second-order valence-electron chi connectivity index (χ2n) is 5.88. The molecule has 1 aromatic rings. The minimum Gasteiger partial charge on any atom is -0.379 e. The fourth-order valence-electron chi connectivity index (χ4n) is 2.64. The SMILES string of the molecule is Cc1nccn1CCCCNC(N)=NCCCN1CCOCC1. The number of rotatable bonds is 9. The maximum absolute atomic E-state index is 5.88. The molecule has 1 aliphatic heterocycles. The first-order chi connectivity index (χ1) is 11.3. The Kier molecular flexibility index (Phi) is 7.89. The van der Waals surface area contributed by atoms with E-state index in [1.54, 1.807) is 0 Å². The fourth-order valence-corrected chi connectivity index (χ4v) is 2.64. The number of aryl methyl sites for hydroxylation is 2. The van der Waals surface area contributed by atoms with Crippen LogP contribution in [0, 0.1) is 6.92 Å². The quantitative estimate of drug-likeness (QED) is 0.395. The van der Waals surface area contributed by atoms with Gasteiger partial charge in [-0.05, 0) is 26.2 Å². The van der Waals surface area contributed by atoms with Crippen LogP contribution in [0.25, 0.3) is 0 Å². The highest BCUT2D eigenvalue weighted by molar-refractivity contribution is 5.77. The highest BCUT2D eigenvalue weighted by Crippen LogP contribution is 1.99. The predicted octanol–water partition coefficient (Wildman–Crippen LogP) is 0.598. The van der Waals surface area contributed by atoms with Gasteiger partial charge in [-0.3, -0.25) is 9.89 Å². The number of hydrogen-bond acceptors (Lipinski definition) is 4. The lowest BCUT2D eigenvalue weighted by Crippen LogP contribution is -2.37. The van der Waals surface area contributed by atoms with E-state index in [1.165, 1.54) is 0 Å². The monoisotopic (exact) mass is 322 g/mol. The molecule has 2 rings (SSSR count). The van der Waals surface area contributed by atoms with Gasteiger partial charge in [-0.1, -0.05) is 0 Å². The second-order valence-corrected chi connectivity index (χ2v) is 5.88. The van der Waals surface area contributed by atoms with Crippen molar-refractivity contribution in [1.82, 2.24) is 19.8 Å². The molecule has 0 unspecified atom stereocenters. The number of aromatic nitrogens is 2. The van der Waals surface area contributed by atoms with Gasteiger partial charge in [0.2, 0.25) is 0 Å². The number of ether oxygens (including phenoxy) is 1. The first-order valence-electron chi connectivity index (χ1n) is 8.57. The fraction of sp³-hybridized carbons (Fsp3) is 0.750. The van der Waals surface area contributed by atoms with Gasteiger partial charge in [-0.15, -0.1) is 0 Å². The van der Waals surface area contributed by atoms with Crippen molar-refractivity contribution in [3.8, 4) is 0 Å². The highest BCUT2D eigenvalue weighted by atomic mass is 16.5. The van der Waals surface area contributed by atoms with Crippen molar-refractivity contribution in [3.05, 3.63) is 18.2 Å². The Hall–Kier alpha value is -1.60. The molecule has 23 heavy (non-hydrogen) atoms. The summed E-state index contributed by atoms with van der Waals surface area (Å²) in [5, 5.41) is 3.19. The molecular formula is C16H30N6O. The van der Waals surface area contributed by atoms with Crippen LogP contribution in [-0.4, -0.2) is 66.3 Å². The van der Waals surface area contributed by atoms with E-state index in [1.807, 2.05) is 19.3 Å². The van der Waals surface area contributed by atoms with Crippen molar-refractivity contribution in [2.75, 3.05) is 45.9 Å². The zero-order chi connectivity index (χ0) is 16.3. The Labute approximate surface area is 138 Å². The van der Waals surface area contributed by atoms with Gasteiger partial charge in [0.25, 0.3) is 0 Å². The first-order valence-corrected chi connectivity index (χ1v) is 8.57. The Balaban J connectivity index is 1.47. The molecule has 0 amide bonds. The third kappa shape index (κ3) is 7.00. The number of unbranched alkanes of at least 4 members (excludes halogenated alkanes) is 1. The minimum atomic E-state index is 0.561. The van der Waals surface area contributed by atoms with Crippen LogP contribution in [0.4, 0.5) is 0 Å². The van der Waals surface area contributed by atoms with Crippen molar-refractivity contribution < 1.29 is 4.74 Å². The number of nitrogens with one attached hydrogen (secondary N) is 1. The third-order valence-electron chi connectivity index (χ3n) is 4.07. The van der Waals surface area contributed by atoms with Gasteiger partial charge in [0.15, 0.2) is 5.96 Å². The zero-order valence-corrected chi connectivity index (χ0v) is 14.2. The molecule has 0 saturated carbocycles. The van der Waals surface area contributed by atoms with E-state index >= 15 is 0 Å². The summed E-state index contributed by atoms with van der Waals surface area (Å²) >= 11 is 0. The second kappa shape index (κ2) is 10.2. The minimum absolute atomic E-state index is 0.561. The van der Waals surface area contributed by atoms with E-state index in [9.17, 15) is 0 Å². The van der Waals surface area contributed by atoms with Crippen molar-refractivity contribution in [2.24, 2.45) is 10.7 Å². The van der Waals surface area contributed by atoms with Crippen LogP contribution in [0.3, 0.4) is 0 Å². The summed E-state index contributed by atoms with van der Waals surface area (Å²) in [6, 6.07) is 0. The van der Waals surface area contributed by atoms with Crippen molar-refractivity contribution in [1.29, 1.82) is 0 Å². The first kappa shape index (κ1) is 17.7. The van der Waals surface area contributed by atoms with Gasteiger partial charge in [0.05, 0.1) is 13.2 Å². The Morgan fingerprint density at radius 2 is 2.13 bits per heavy atom. The third-order valence-corrected chi connectivity index (χ3v) is 4.07. The summed E-state index contributed by atoms with van der Waals surface area (Å²) in [6.45, 7) is 9.53. The molecule has 0 spiro atoms. The molecule has 1 saturated heterocycles. The zero-order valence-electron chi connectivity index (χ0n) is 14.2. The molecule has 3 N–H and O–H groups in total. The molecule has 2 heterocycles. The summed E-state index contributed by atoms with van der Waals surface area (Å²) in [5.41, 5.74) is 5.88. The topological polar surface area (TPSA) is 80.7 Å². The molecular weight excluding hydrogens is 292 g/mol. The summed E-state index contributed by atoms with van der Waals surface area (Å²) in [4.78, 5) is 11.0. The van der Waals surface area contributed by atoms with E-state index in [0.717, 1.165) is 77.6 Å². The molecule has 1 fully saturated rings. The van der Waals surface area contributed by atoms with Crippen molar-refractivity contribution >= 4 is 5.96 Å². The molecule has 0 radical (unpaired) electrons. The van der Waals surface area contributed by atoms with E-state index in [2.05, 4.69) is 24.8 Å². The lowest BCUT2D eigenvalue weighted by atomic mass is 10.3. The summed E-state index contributed by atoms with van der Waals surface area (Å²) in [5.74, 6) is 1.63. The largest absolute Gasteiger partial charge is 0.379 e. The maximum Gasteiger partial charge on any atom is 0.188 e. The van der Waals surface area contributed by atoms with E-state index in [0.29, 0.717) is 5.96 Å². The van der Waals surface area contributed by atoms with Crippen LogP contribution in [0.1, 0.15) is 25.1 Å². The van der Waals surface area contributed by atoms with Crippen LogP contribution >= 0.6 is 0 Å². The van der Waals surface area contributed by atoms with Crippen LogP contribution in [0.15, 0.2) is 17.4 Å². The average Bonchev–Trinajstić information content (AvgIpc) is 2.97. The molecule has 0 bridgehead atoms. The van der Waals surface area contributed by atoms with Gasteiger partial charge in [0.1, 0.15) is 5.82 Å². The number of aliphatic imine (C=N–C) groups is 1. The van der Waals surface area contributed by atoms with Crippen LogP contribution in [-0.2, 0) is 11.3 Å². The Morgan fingerprint density at radius 1 is 1.30 bits per heavy atom. The van der Waals surface area contributed by atoms with Gasteiger partial charge in [-0.2, -0.15) is 0 Å². The molecule has 0 aliphatic carbocycles. The van der Waals surface area contributed by atoms with Crippen molar-refractivity contribution in [2.45, 2.75) is 32.7 Å². The molecule has 1 aliphatic rings. The van der Waals surface area contributed by atoms with Crippen LogP contribution in [0.5, 0.6) is 0 Å². The van der Waals surface area contributed by atoms with Gasteiger partial charge in [0, 0.05) is 51.7 Å².